The summed E-state index contributed by atoms with van der Waals surface area (Å²) >= 11 is 0.802. The van der Waals surface area contributed by atoms with Crippen LogP contribution in [0.5, 0.6) is 0 Å². The number of alkyl halides is 4. The first-order valence-electron chi connectivity index (χ1n) is 10.5. The third kappa shape index (κ3) is 4.84. The Bertz CT molecular complexity index is 993. The number of carbonyl (C=O) groups is 1. The summed E-state index contributed by atoms with van der Waals surface area (Å²) in [6.07, 6.45) is -4.18. The number of aromatic nitrogens is 1. The van der Waals surface area contributed by atoms with E-state index in [2.05, 4.69) is 4.98 Å². The monoisotopic (exact) mass is 490 g/mol. The molecule has 2 atom stereocenters. The molecule has 0 aromatic carbocycles. The quantitative estimate of drug-likeness (QED) is 0.422. The van der Waals surface area contributed by atoms with Crippen molar-refractivity contribution in [3.63, 3.8) is 0 Å². The smallest absolute Gasteiger partial charge is 0.352 e. The van der Waals surface area contributed by atoms with Gasteiger partial charge in [0.25, 0.3) is 5.79 Å². The number of nitrogens with two attached hydrogens (primary N) is 1. The number of rotatable bonds is 7. The molecule has 182 valence electrons. The van der Waals surface area contributed by atoms with Crippen LogP contribution in [0.25, 0.3) is 0 Å². The Morgan fingerprint density at radius 3 is 2.45 bits per heavy atom. The van der Waals surface area contributed by atoms with Crippen LogP contribution in [0.1, 0.15) is 42.8 Å². The van der Waals surface area contributed by atoms with Crippen LogP contribution in [0.3, 0.4) is 0 Å². The molecule has 3 N–H and O–H groups in total. The van der Waals surface area contributed by atoms with E-state index in [4.69, 9.17) is 5.73 Å². The molecule has 1 aliphatic heterocycles. The van der Waals surface area contributed by atoms with Crippen LogP contribution in [0.15, 0.2) is 30.5 Å². The molecule has 1 aliphatic rings. The first-order chi connectivity index (χ1) is 15.2. The Morgan fingerprint density at radius 1 is 1.24 bits per heavy atom. The molecule has 33 heavy (non-hydrogen) atoms. The van der Waals surface area contributed by atoms with Gasteiger partial charge in [-0.2, -0.15) is 17.6 Å². The van der Waals surface area contributed by atoms with E-state index in [1.807, 2.05) is 26.8 Å². The molecule has 5 nitrogen and oxygen atoms in total. The van der Waals surface area contributed by atoms with Crippen LogP contribution in [-0.2, 0) is 12.0 Å². The topological polar surface area (TPSA) is 71.2 Å². The van der Waals surface area contributed by atoms with Gasteiger partial charge in [-0.3, -0.25) is 15.2 Å². The first kappa shape index (κ1) is 25.4. The summed E-state index contributed by atoms with van der Waals surface area (Å²) in [6, 6.07) is 4.73. The molecule has 0 aliphatic carbocycles. The fourth-order valence-corrected chi connectivity index (χ4v) is 5.27. The number of halogens is 5. The van der Waals surface area contributed by atoms with Gasteiger partial charge in [0, 0.05) is 34.3 Å². The number of primary amides is 1. The second-order valence-electron chi connectivity index (χ2n) is 9.05. The zero-order chi connectivity index (χ0) is 24.7. The minimum atomic E-state index is -5.41. The number of thiophene rings is 1. The van der Waals surface area contributed by atoms with E-state index in [-0.39, 0.29) is 32.4 Å². The third-order valence-corrected chi connectivity index (χ3v) is 7.59. The van der Waals surface area contributed by atoms with E-state index in [0.717, 1.165) is 22.6 Å². The van der Waals surface area contributed by atoms with Crippen molar-refractivity contribution in [3.05, 3.63) is 51.7 Å². The highest BCUT2D eigenvalue weighted by atomic mass is 32.1. The highest BCUT2D eigenvalue weighted by Crippen LogP contribution is 2.54. The first-order valence-corrected chi connectivity index (χ1v) is 11.3. The van der Waals surface area contributed by atoms with Crippen molar-refractivity contribution in [2.75, 3.05) is 13.1 Å². The van der Waals surface area contributed by atoms with Gasteiger partial charge in [0.2, 0.25) is 0 Å². The molecule has 0 spiro atoms. The maximum Gasteiger partial charge on any atom is 0.442 e. The molecule has 1 fully saturated rings. The number of hydrogen-bond donors (Lipinski definition) is 2. The Morgan fingerprint density at radius 2 is 1.94 bits per heavy atom. The van der Waals surface area contributed by atoms with Crippen molar-refractivity contribution < 1.29 is 26.7 Å². The molecule has 1 saturated heterocycles. The van der Waals surface area contributed by atoms with Crippen molar-refractivity contribution >= 4 is 17.4 Å². The number of hydrogen-bond acceptors (Lipinski definition) is 4. The van der Waals surface area contributed by atoms with E-state index in [0.29, 0.717) is 4.88 Å². The summed E-state index contributed by atoms with van der Waals surface area (Å²) in [5, 5.41) is 0.903. The number of nitrogens with one attached hydrogen (secondary N) is 1. The predicted molar refractivity (Wildman–Crippen MR) is 116 cm³/mol. The molecule has 3 rings (SSSR count). The molecule has 2 unspecified atom stereocenters. The van der Waals surface area contributed by atoms with Gasteiger partial charge < -0.3 is 5.73 Å². The van der Waals surface area contributed by atoms with E-state index < -0.39 is 34.1 Å². The lowest BCUT2D eigenvalue weighted by Gasteiger charge is -2.45. The molecule has 2 amide bonds. The number of likely N-dealkylation sites (tertiary alicyclic amines) is 1. The van der Waals surface area contributed by atoms with E-state index in [9.17, 15) is 22.4 Å². The van der Waals surface area contributed by atoms with Gasteiger partial charge in [-0.15, -0.1) is 11.3 Å². The van der Waals surface area contributed by atoms with Gasteiger partial charge in [-0.05, 0) is 70.3 Å². The van der Waals surface area contributed by atoms with E-state index >= 15 is 4.39 Å². The summed E-state index contributed by atoms with van der Waals surface area (Å²) in [5.41, 5.74) is 3.75. The minimum absolute atomic E-state index is 0.0249. The van der Waals surface area contributed by atoms with Crippen molar-refractivity contribution in [2.24, 2.45) is 11.1 Å². The predicted octanol–water partition coefficient (Wildman–Crippen LogP) is 5.05. The lowest BCUT2D eigenvalue weighted by Crippen LogP contribution is -2.67. The summed E-state index contributed by atoms with van der Waals surface area (Å²) < 4.78 is 71.9. The molecule has 0 radical (unpaired) electrons. The number of carbonyl (C=O) groups excluding carboxylic acids is 1. The lowest BCUT2D eigenvalue weighted by molar-refractivity contribution is -0.279. The molecule has 11 heteroatoms. The van der Waals surface area contributed by atoms with Crippen molar-refractivity contribution in [1.82, 2.24) is 15.2 Å². The number of nitrogens with zero attached hydrogens (tertiary/aromatic N) is 2. The molecule has 2 aromatic rings. The van der Waals surface area contributed by atoms with Gasteiger partial charge in [0.05, 0.1) is 0 Å². The van der Waals surface area contributed by atoms with Crippen molar-refractivity contribution in [3.8, 4) is 0 Å². The Labute approximate surface area is 193 Å². The Balaban J connectivity index is 2.00. The third-order valence-electron chi connectivity index (χ3n) is 6.66. The van der Waals surface area contributed by atoms with Crippen LogP contribution < -0.4 is 11.1 Å². The number of aryl methyl sites for hydroxylation is 2. The van der Waals surface area contributed by atoms with Crippen LogP contribution in [0.4, 0.5) is 26.7 Å². The van der Waals surface area contributed by atoms with E-state index in [1.54, 1.807) is 17.2 Å². The number of amides is 2. The second kappa shape index (κ2) is 8.83. The van der Waals surface area contributed by atoms with Crippen LogP contribution >= 0.6 is 11.3 Å². The molecule has 2 aromatic heterocycles. The highest BCUT2D eigenvalue weighted by Gasteiger charge is 2.70. The summed E-state index contributed by atoms with van der Waals surface area (Å²) in [7, 11) is 0. The van der Waals surface area contributed by atoms with Gasteiger partial charge in [-0.25, -0.2) is 9.18 Å². The zero-order valence-corrected chi connectivity index (χ0v) is 19.4. The summed E-state index contributed by atoms with van der Waals surface area (Å²) in [4.78, 5) is 18.0. The molecule has 0 saturated carbocycles. The summed E-state index contributed by atoms with van der Waals surface area (Å²) in [5.74, 6) is -4.06. The van der Waals surface area contributed by atoms with Crippen LogP contribution in [0.2, 0.25) is 0 Å². The molecule has 3 heterocycles. The van der Waals surface area contributed by atoms with Crippen LogP contribution in [0, 0.1) is 17.5 Å². The summed E-state index contributed by atoms with van der Waals surface area (Å²) in [6.45, 7) is 5.35. The minimum Gasteiger partial charge on any atom is -0.352 e. The van der Waals surface area contributed by atoms with Crippen molar-refractivity contribution in [1.29, 1.82) is 0 Å². The highest BCUT2D eigenvalue weighted by molar-refractivity contribution is 7.10. The standard InChI is InChI=1S/C22H27F5N4OS/c1-14-4-5-15(12-29-14)19(2,3)31-11-10-20(13-31,9-8-16-6-7-17(23)33-16)21(24,22(25,26)27)30-18(28)32/h4-7,12H,8-11,13H2,1-3H3,(H3,28,30,32). The number of urea groups is 1. The normalized spacial score (nSPS) is 21.7. The lowest BCUT2D eigenvalue weighted by atomic mass is 9.72. The molecular weight excluding hydrogens is 463 g/mol. The fraction of sp³-hybridized carbons (Fsp3) is 0.545. The average Bonchev–Trinajstić information content (AvgIpc) is 3.33. The molecule has 0 bridgehead atoms. The van der Waals surface area contributed by atoms with Crippen LogP contribution in [-0.4, -0.2) is 41.0 Å². The Hall–Kier alpha value is -2.27. The van der Waals surface area contributed by atoms with Gasteiger partial charge in [0.15, 0.2) is 5.13 Å². The van der Waals surface area contributed by atoms with Gasteiger partial charge in [-0.1, -0.05) is 6.07 Å². The van der Waals surface area contributed by atoms with E-state index in [1.165, 1.54) is 17.4 Å². The average molecular weight is 491 g/mol. The number of pyridine rings is 1. The van der Waals surface area contributed by atoms with Gasteiger partial charge >= 0.3 is 12.2 Å². The SMILES string of the molecule is Cc1ccc(C(C)(C)N2CCC(CCc3ccc(F)s3)(C(F)(NC(N)=O)C(F)(F)F)C2)cn1. The second-order valence-corrected chi connectivity index (χ2v) is 10.2. The maximum absolute atomic E-state index is 16.0. The van der Waals surface area contributed by atoms with Gasteiger partial charge in [0.1, 0.15) is 0 Å². The molecular formula is C22H27F5N4OS. The van der Waals surface area contributed by atoms with Crippen molar-refractivity contribution in [2.45, 2.75) is 57.5 Å². The zero-order valence-electron chi connectivity index (χ0n) is 18.6. The largest absolute Gasteiger partial charge is 0.442 e. The fourth-order valence-electron chi connectivity index (χ4n) is 4.54. The Kier molecular flexibility index (Phi) is 6.78. The maximum atomic E-state index is 16.0.